The number of anilines is 1. The zero-order chi connectivity index (χ0) is 22.2. The highest BCUT2D eigenvalue weighted by atomic mass is 35.5. The maximum atomic E-state index is 14.5. The van der Waals surface area contributed by atoms with Crippen LogP contribution in [0.3, 0.4) is 0 Å². The normalized spacial score (nSPS) is 11.4. The topological polar surface area (TPSA) is 98.1 Å². The maximum absolute atomic E-state index is 14.5. The van der Waals surface area contributed by atoms with Gasteiger partial charge in [-0.15, -0.1) is 0 Å². The van der Waals surface area contributed by atoms with E-state index in [9.17, 15) is 22.4 Å². The van der Waals surface area contributed by atoms with Gasteiger partial charge in [-0.2, -0.15) is 0 Å². The van der Waals surface area contributed by atoms with Crippen molar-refractivity contribution in [2.75, 3.05) is 5.32 Å². The number of hydrogen-bond donors (Lipinski definition) is 1. The molecule has 0 saturated heterocycles. The fourth-order valence-electron chi connectivity index (χ4n) is 3.06. The van der Waals surface area contributed by atoms with Crippen LogP contribution in [0.15, 0.2) is 78.1 Å². The summed E-state index contributed by atoms with van der Waals surface area (Å²) < 4.78 is 41.6. The lowest BCUT2D eigenvalue weighted by Crippen LogP contribution is -2.23. The minimum atomic E-state index is -4.45. The Morgan fingerprint density at radius 1 is 1.00 bits per heavy atom. The van der Waals surface area contributed by atoms with E-state index in [1.165, 1.54) is 48.8 Å². The van der Waals surface area contributed by atoms with Gasteiger partial charge in [0.2, 0.25) is 0 Å². The first-order valence-corrected chi connectivity index (χ1v) is 10.7. The van der Waals surface area contributed by atoms with Crippen molar-refractivity contribution in [3.63, 3.8) is 0 Å². The highest BCUT2D eigenvalue weighted by Crippen LogP contribution is 2.29. The van der Waals surface area contributed by atoms with Crippen LogP contribution in [0, 0.1) is 5.82 Å². The number of fused-ring (bicyclic) bond motifs is 1. The van der Waals surface area contributed by atoms with E-state index in [1.807, 2.05) is 0 Å². The molecule has 0 atom stereocenters. The molecule has 4 aromatic rings. The third-order valence-corrected chi connectivity index (χ3v) is 6.50. The third-order valence-electron chi connectivity index (χ3n) is 4.52. The average Bonchev–Trinajstić information content (AvgIpc) is 3.16. The number of aromatic nitrogens is 2. The number of nitrogens with zero attached hydrogens (tertiary/aromatic N) is 2. The molecule has 31 heavy (non-hydrogen) atoms. The molecule has 0 saturated carbocycles. The number of Topliss-reactive ketones (excluding diaryl/α,β-unsaturated/α-hetero) is 1. The van der Waals surface area contributed by atoms with E-state index in [0.29, 0.717) is 5.69 Å². The Morgan fingerprint density at radius 3 is 2.45 bits per heavy atom. The van der Waals surface area contributed by atoms with Crippen LogP contribution in [0.5, 0.6) is 0 Å². The second-order valence-corrected chi connectivity index (χ2v) is 8.62. The van der Waals surface area contributed by atoms with Crippen LogP contribution < -0.4 is 5.32 Å². The van der Waals surface area contributed by atoms with Gasteiger partial charge >= 0.3 is 0 Å². The minimum absolute atomic E-state index is 0.113. The number of benzene rings is 2. The Kier molecular flexibility index (Phi) is 5.30. The van der Waals surface area contributed by atoms with E-state index < -0.39 is 32.4 Å². The van der Waals surface area contributed by atoms with E-state index in [2.05, 4.69) is 10.3 Å². The Hall–Kier alpha value is -3.56. The molecule has 156 valence electrons. The molecule has 1 amide bonds. The van der Waals surface area contributed by atoms with Crippen LogP contribution in [-0.2, 0) is 14.8 Å². The van der Waals surface area contributed by atoms with Gasteiger partial charge in [0, 0.05) is 29.7 Å². The SMILES string of the molecule is O=C(Nc1ccncc1)C(=O)c1cn(S(=O)(=O)c2cccc(Cl)c2F)c2ccccc12. The number of ketones is 1. The van der Waals surface area contributed by atoms with E-state index in [1.54, 1.807) is 12.1 Å². The number of rotatable bonds is 5. The summed E-state index contributed by atoms with van der Waals surface area (Å²) in [5.74, 6) is -3.01. The number of halogens is 2. The summed E-state index contributed by atoms with van der Waals surface area (Å²) in [6, 6.07) is 12.7. The molecular formula is C21H13ClFN3O4S. The number of nitrogens with one attached hydrogen (secondary N) is 1. The molecule has 7 nitrogen and oxygen atoms in total. The van der Waals surface area contributed by atoms with Gasteiger partial charge in [0.1, 0.15) is 4.90 Å². The van der Waals surface area contributed by atoms with Gasteiger partial charge < -0.3 is 5.32 Å². The van der Waals surface area contributed by atoms with Crippen LogP contribution in [0.4, 0.5) is 10.1 Å². The van der Waals surface area contributed by atoms with Crippen LogP contribution >= 0.6 is 11.6 Å². The lowest BCUT2D eigenvalue weighted by Gasteiger charge is -2.09. The predicted molar refractivity (Wildman–Crippen MR) is 113 cm³/mol. The van der Waals surface area contributed by atoms with Crippen molar-refractivity contribution in [2.45, 2.75) is 4.90 Å². The highest BCUT2D eigenvalue weighted by molar-refractivity contribution is 7.90. The Labute approximate surface area is 181 Å². The molecule has 0 aliphatic carbocycles. The average molecular weight is 458 g/mol. The lowest BCUT2D eigenvalue weighted by molar-refractivity contribution is -0.112. The van der Waals surface area contributed by atoms with Crippen LogP contribution in [0.25, 0.3) is 10.9 Å². The summed E-state index contributed by atoms with van der Waals surface area (Å²) in [4.78, 5) is 28.5. The fourth-order valence-corrected chi connectivity index (χ4v) is 4.76. The molecular weight excluding hydrogens is 445 g/mol. The number of hydrogen-bond acceptors (Lipinski definition) is 5. The van der Waals surface area contributed by atoms with Crippen molar-refractivity contribution < 1.29 is 22.4 Å². The van der Waals surface area contributed by atoms with E-state index >= 15 is 0 Å². The number of pyridine rings is 1. The number of carbonyl (C=O) groups excluding carboxylic acids is 2. The molecule has 0 aliphatic heterocycles. The molecule has 0 aliphatic rings. The standard InChI is InChI=1S/C21H13ClFN3O4S/c22-16-5-3-7-18(19(16)23)31(29,30)26-12-15(14-4-1-2-6-17(14)26)20(27)21(28)25-13-8-10-24-11-9-13/h1-12H,(H,24,25,28). The van der Waals surface area contributed by atoms with Crippen molar-refractivity contribution in [3.05, 3.63) is 89.6 Å². The Morgan fingerprint density at radius 2 is 1.71 bits per heavy atom. The van der Waals surface area contributed by atoms with Gasteiger partial charge in [0.15, 0.2) is 5.82 Å². The fraction of sp³-hybridized carbons (Fsp3) is 0. The first kappa shape index (κ1) is 20.7. The summed E-state index contributed by atoms with van der Waals surface area (Å²) >= 11 is 5.74. The highest BCUT2D eigenvalue weighted by Gasteiger charge is 2.28. The maximum Gasteiger partial charge on any atom is 0.296 e. The molecule has 4 rings (SSSR count). The number of para-hydroxylation sites is 1. The molecule has 0 fully saturated rings. The van der Waals surface area contributed by atoms with E-state index in [0.717, 1.165) is 16.2 Å². The summed E-state index contributed by atoms with van der Waals surface area (Å²) in [6.07, 6.45) is 3.89. The first-order chi connectivity index (χ1) is 14.8. The van der Waals surface area contributed by atoms with Crippen molar-refractivity contribution in [1.29, 1.82) is 0 Å². The van der Waals surface area contributed by atoms with Crippen LogP contribution in [-0.4, -0.2) is 29.1 Å². The molecule has 0 radical (unpaired) electrons. The van der Waals surface area contributed by atoms with Crippen LogP contribution in [0.2, 0.25) is 5.02 Å². The third kappa shape index (κ3) is 3.69. The Bertz CT molecular complexity index is 1440. The summed E-state index contributed by atoms with van der Waals surface area (Å²) in [5, 5.41) is 2.31. The number of amides is 1. The monoisotopic (exact) mass is 457 g/mol. The van der Waals surface area contributed by atoms with Gasteiger partial charge in [-0.3, -0.25) is 14.6 Å². The molecule has 0 spiro atoms. The van der Waals surface area contributed by atoms with Crippen molar-refractivity contribution in [1.82, 2.24) is 8.96 Å². The van der Waals surface area contributed by atoms with Gasteiger partial charge in [-0.05, 0) is 30.3 Å². The zero-order valence-electron chi connectivity index (χ0n) is 15.6. The summed E-state index contributed by atoms with van der Waals surface area (Å²) in [7, 11) is -4.45. The van der Waals surface area contributed by atoms with E-state index in [4.69, 9.17) is 11.6 Å². The zero-order valence-corrected chi connectivity index (χ0v) is 17.2. The first-order valence-electron chi connectivity index (χ1n) is 8.86. The van der Waals surface area contributed by atoms with Gasteiger partial charge in [-0.1, -0.05) is 35.9 Å². The van der Waals surface area contributed by atoms with E-state index in [-0.39, 0.29) is 21.5 Å². The van der Waals surface area contributed by atoms with Crippen molar-refractivity contribution in [3.8, 4) is 0 Å². The van der Waals surface area contributed by atoms with Gasteiger partial charge in [0.25, 0.3) is 21.7 Å². The molecule has 0 unspecified atom stereocenters. The molecule has 1 N–H and O–H groups in total. The van der Waals surface area contributed by atoms with Crippen LogP contribution in [0.1, 0.15) is 10.4 Å². The predicted octanol–water partition coefficient (Wildman–Crippen LogP) is 3.89. The van der Waals surface area contributed by atoms with Gasteiger partial charge in [0.05, 0.1) is 16.1 Å². The van der Waals surface area contributed by atoms with Gasteiger partial charge in [-0.25, -0.2) is 16.8 Å². The smallest absolute Gasteiger partial charge is 0.296 e. The second kappa shape index (κ2) is 7.93. The molecule has 10 heteroatoms. The lowest BCUT2D eigenvalue weighted by atomic mass is 10.1. The summed E-state index contributed by atoms with van der Waals surface area (Å²) in [6.45, 7) is 0. The molecule has 0 bridgehead atoms. The van der Waals surface area contributed by atoms with Crippen molar-refractivity contribution >= 4 is 49.9 Å². The quantitative estimate of drug-likeness (QED) is 0.362. The molecule has 2 heterocycles. The van der Waals surface area contributed by atoms with Crippen molar-refractivity contribution in [2.24, 2.45) is 0 Å². The molecule has 2 aromatic heterocycles. The largest absolute Gasteiger partial charge is 0.319 e. The Balaban J connectivity index is 1.82. The molecule has 2 aromatic carbocycles. The second-order valence-electron chi connectivity index (χ2n) is 6.43. The number of carbonyl (C=O) groups is 2. The summed E-state index contributed by atoms with van der Waals surface area (Å²) in [5.41, 5.74) is 0.320. The minimum Gasteiger partial charge on any atom is -0.319 e.